The monoisotopic (exact) mass is 484 g/mol. The number of hydrogen-bond acceptors (Lipinski definition) is 2. The van der Waals surface area contributed by atoms with Gasteiger partial charge in [-0.05, 0) is 75.6 Å². The van der Waals surface area contributed by atoms with Gasteiger partial charge in [0.2, 0.25) is 0 Å². The van der Waals surface area contributed by atoms with E-state index in [0.717, 1.165) is 17.8 Å². The minimum absolute atomic E-state index is 0.142. The maximum atomic E-state index is 13.7. The molecule has 2 fully saturated rings. The molecule has 2 saturated carbocycles. The first-order valence-electron chi connectivity index (χ1n) is 12.9. The Hall–Kier alpha value is -2.67. The van der Waals surface area contributed by atoms with Crippen molar-refractivity contribution in [3.8, 4) is 0 Å². The van der Waals surface area contributed by atoms with Gasteiger partial charge in [-0.15, -0.1) is 0 Å². The molecule has 1 aliphatic heterocycles. The highest BCUT2D eigenvalue weighted by molar-refractivity contribution is 6.54. The molecular weight excluding hydrogens is 451 g/mol. The summed E-state index contributed by atoms with van der Waals surface area (Å²) in [6, 6.07) is 13.5. The van der Waals surface area contributed by atoms with Crippen LogP contribution in [0.25, 0.3) is 0 Å². The van der Waals surface area contributed by atoms with Crippen LogP contribution >= 0.6 is 0 Å². The third-order valence-electron chi connectivity index (χ3n) is 7.91. The Balaban J connectivity index is 1.47. The minimum atomic E-state index is -4.45. The van der Waals surface area contributed by atoms with Gasteiger partial charge in [0.05, 0.1) is 29.0 Å². The molecule has 4 nitrogen and oxygen atoms in total. The molecule has 3 aliphatic rings. The van der Waals surface area contributed by atoms with Crippen LogP contribution in [0.1, 0.15) is 75.3 Å². The van der Waals surface area contributed by atoms with Gasteiger partial charge >= 0.3 is 6.18 Å². The minimum Gasteiger partial charge on any atom is -0.313 e. The second-order valence-corrected chi connectivity index (χ2v) is 10.2. The van der Waals surface area contributed by atoms with Gasteiger partial charge in [0.15, 0.2) is 6.67 Å². The molecule has 0 spiro atoms. The number of carbonyl (C=O) groups is 1. The second-order valence-electron chi connectivity index (χ2n) is 10.2. The molecule has 1 heterocycles. The average molecular weight is 485 g/mol. The van der Waals surface area contributed by atoms with Crippen molar-refractivity contribution < 1.29 is 22.9 Å². The van der Waals surface area contributed by atoms with E-state index in [9.17, 15) is 18.0 Å². The SMILES string of the molecule is O=C1C(=Nc2cccc(C(F)(F)F)c2)c2ccccc2N1C[NH+](C1CCCCC1)C1CCCCC1. The Kier molecular flexibility index (Phi) is 6.96. The van der Waals surface area contributed by atoms with Crippen molar-refractivity contribution >= 4 is 23.0 Å². The van der Waals surface area contributed by atoms with Crippen molar-refractivity contribution in [1.82, 2.24) is 0 Å². The van der Waals surface area contributed by atoms with Crippen molar-refractivity contribution in [3.05, 3.63) is 59.7 Å². The number of hydrogen-bond donors (Lipinski definition) is 1. The van der Waals surface area contributed by atoms with E-state index >= 15 is 0 Å². The topological polar surface area (TPSA) is 37.1 Å². The molecule has 1 N–H and O–H groups in total. The Labute approximate surface area is 204 Å². The number of carbonyl (C=O) groups excluding carboxylic acids is 1. The maximum Gasteiger partial charge on any atom is 0.416 e. The first kappa shape index (κ1) is 24.0. The summed E-state index contributed by atoms with van der Waals surface area (Å²) in [5.74, 6) is -0.215. The van der Waals surface area contributed by atoms with Gasteiger partial charge in [-0.25, -0.2) is 4.99 Å². The summed E-state index contributed by atoms with van der Waals surface area (Å²) >= 11 is 0. The normalized spacial score (nSPS) is 21.2. The summed E-state index contributed by atoms with van der Waals surface area (Å²) in [7, 11) is 0. The van der Waals surface area contributed by atoms with Gasteiger partial charge in [0.1, 0.15) is 5.71 Å². The van der Waals surface area contributed by atoms with E-state index in [1.54, 1.807) is 0 Å². The standard InChI is InChI=1S/C28H32F3N3O/c29-28(30,31)20-10-9-11-21(18-20)32-26-24-16-7-8-17-25(24)34(27(26)35)19-33(22-12-3-1-4-13-22)23-14-5-2-6-15-23/h7-11,16-18,22-23H,1-6,12-15,19H2/p+1. The number of quaternary nitrogens is 1. The summed E-state index contributed by atoms with van der Waals surface area (Å²) in [6.45, 7) is 0.590. The Morgan fingerprint density at radius 2 is 1.49 bits per heavy atom. The highest BCUT2D eigenvalue weighted by Gasteiger charge is 2.40. The number of para-hydroxylation sites is 1. The number of halogens is 3. The zero-order valence-corrected chi connectivity index (χ0v) is 20.0. The molecule has 0 unspecified atom stereocenters. The van der Waals surface area contributed by atoms with Crippen LogP contribution in [-0.2, 0) is 11.0 Å². The van der Waals surface area contributed by atoms with Crippen LogP contribution in [0.3, 0.4) is 0 Å². The van der Waals surface area contributed by atoms with Crippen LogP contribution in [-0.4, -0.2) is 30.4 Å². The number of benzene rings is 2. The zero-order chi connectivity index (χ0) is 24.4. The number of anilines is 1. The van der Waals surface area contributed by atoms with Gasteiger partial charge in [0.25, 0.3) is 5.91 Å². The molecular formula is C28H33F3N3O+. The van der Waals surface area contributed by atoms with E-state index in [1.807, 2.05) is 29.2 Å². The van der Waals surface area contributed by atoms with Crippen LogP contribution in [0.4, 0.5) is 24.5 Å². The largest absolute Gasteiger partial charge is 0.416 e. The Morgan fingerprint density at radius 3 is 2.11 bits per heavy atom. The first-order valence-corrected chi connectivity index (χ1v) is 12.9. The quantitative estimate of drug-likeness (QED) is 0.583. The van der Waals surface area contributed by atoms with E-state index in [0.29, 0.717) is 24.3 Å². The first-order chi connectivity index (χ1) is 16.9. The predicted octanol–water partition coefficient (Wildman–Crippen LogP) is 5.68. The number of nitrogens with zero attached hydrogens (tertiary/aromatic N) is 2. The predicted molar refractivity (Wildman–Crippen MR) is 131 cm³/mol. The lowest BCUT2D eigenvalue weighted by molar-refractivity contribution is -0.951. The van der Waals surface area contributed by atoms with E-state index in [4.69, 9.17) is 0 Å². The van der Waals surface area contributed by atoms with E-state index < -0.39 is 11.7 Å². The Bertz CT molecular complexity index is 1070. The molecule has 2 aliphatic carbocycles. The van der Waals surface area contributed by atoms with Crippen LogP contribution in [0.2, 0.25) is 0 Å². The smallest absolute Gasteiger partial charge is 0.313 e. The average Bonchev–Trinajstić information content (AvgIpc) is 3.14. The number of aliphatic imine (C=N–C) groups is 1. The lowest BCUT2D eigenvalue weighted by Gasteiger charge is -2.40. The van der Waals surface area contributed by atoms with Gasteiger partial charge in [-0.2, -0.15) is 13.2 Å². The molecule has 0 bridgehead atoms. The molecule has 0 atom stereocenters. The Morgan fingerprint density at radius 1 is 0.857 bits per heavy atom. The maximum absolute atomic E-state index is 13.7. The molecule has 2 aromatic rings. The molecule has 0 radical (unpaired) electrons. The summed E-state index contributed by atoms with van der Waals surface area (Å²) in [5, 5.41) is 0. The number of nitrogens with one attached hydrogen (secondary N) is 1. The van der Waals surface area contributed by atoms with Gasteiger partial charge < -0.3 is 4.90 Å². The van der Waals surface area contributed by atoms with Crippen LogP contribution in [0.15, 0.2) is 53.5 Å². The van der Waals surface area contributed by atoms with Crippen molar-refractivity contribution in [1.29, 1.82) is 0 Å². The second kappa shape index (κ2) is 10.1. The molecule has 0 aromatic heterocycles. The van der Waals surface area contributed by atoms with Gasteiger partial charge in [0, 0.05) is 5.56 Å². The van der Waals surface area contributed by atoms with Crippen LogP contribution in [0, 0.1) is 0 Å². The number of amides is 1. The van der Waals surface area contributed by atoms with Crippen LogP contribution in [0.5, 0.6) is 0 Å². The van der Waals surface area contributed by atoms with E-state index in [1.165, 1.54) is 81.2 Å². The number of fused-ring (bicyclic) bond motifs is 1. The summed E-state index contributed by atoms with van der Waals surface area (Å²) < 4.78 is 39.7. The molecule has 0 saturated heterocycles. The number of rotatable bonds is 5. The van der Waals surface area contributed by atoms with E-state index in [2.05, 4.69) is 4.99 Å². The van der Waals surface area contributed by atoms with Crippen molar-refractivity contribution in [2.45, 2.75) is 82.5 Å². The third-order valence-corrected chi connectivity index (χ3v) is 7.91. The highest BCUT2D eigenvalue weighted by atomic mass is 19.4. The molecule has 7 heteroatoms. The summed E-state index contributed by atoms with van der Waals surface area (Å²) in [6.07, 6.45) is 7.87. The number of alkyl halides is 3. The summed E-state index contributed by atoms with van der Waals surface area (Å²) in [5.41, 5.74) is 1.12. The highest BCUT2D eigenvalue weighted by Crippen LogP contribution is 2.34. The molecule has 2 aromatic carbocycles. The third kappa shape index (κ3) is 5.15. The lowest BCUT2D eigenvalue weighted by Crippen LogP contribution is -3.20. The molecule has 186 valence electrons. The molecule has 35 heavy (non-hydrogen) atoms. The lowest BCUT2D eigenvalue weighted by atomic mass is 9.89. The fourth-order valence-electron chi connectivity index (χ4n) is 6.13. The van der Waals surface area contributed by atoms with Crippen LogP contribution < -0.4 is 9.80 Å². The molecule has 5 rings (SSSR count). The fourth-order valence-corrected chi connectivity index (χ4v) is 6.13. The van der Waals surface area contributed by atoms with Crippen molar-refractivity contribution in [3.63, 3.8) is 0 Å². The zero-order valence-electron chi connectivity index (χ0n) is 20.0. The van der Waals surface area contributed by atoms with Gasteiger partial charge in [-0.1, -0.05) is 37.1 Å². The summed E-state index contributed by atoms with van der Waals surface area (Å²) in [4.78, 5) is 21.5. The van der Waals surface area contributed by atoms with E-state index in [-0.39, 0.29) is 17.3 Å². The molecule has 1 amide bonds. The van der Waals surface area contributed by atoms with Crippen molar-refractivity contribution in [2.24, 2.45) is 4.99 Å². The fraction of sp³-hybridized carbons (Fsp3) is 0.500. The van der Waals surface area contributed by atoms with Gasteiger partial charge in [-0.3, -0.25) is 9.69 Å². The van der Waals surface area contributed by atoms with Crippen molar-refractivity contribution in [2.75, 3.05) is 11.6 Å².